The smallest absolute Gasteiger partial charge is 0.253 e. The van der Waals surface area contributed by atoms with Crippen LogP contribution >= 0.6 is 0 Å². The van der Waals surface area contributed by atoms with Gasteiger partial charge in [-0.25, -0.2) is 8.42 Å². The highest BCUT2D eigenvalue weighted by atomic mass is 32.2. The van der Waals surface area contributed by atoms with Crippen LogP contribution in [0, 0.1) is 5.92 Å². The predicted octanol–water partition coefficient (Wildman–Crippen LogP) is 2.75. The minimum absolute atomic E-state index is 0.0225. The third-order valence-electron chi connectivity index (χ3n) is 5.62. The third kappa shape index (κ3) is 4.52. The molecule has 0 bridgehead atoms. The molecule has 0 N–H and O–H groups in total. The van der Waals surface area contributed by atoms with Crippen LogP contribution < -0.4 is 0 Å². The average Bonchev–Trinajstić information content (AvgIpc) is 3.19. The van der Waals surface area contributed by atoms with E-state index in [0.717, 1.165) is 32.3 Å². The van der Waals surface area contributed by atoms with E-state index in [1.165, 1.54) is 0 Å². The van der Waals surface area contributed by atoms with E-state index in [4.69, 9.17) is 4.74 Å². The fourth-order valence-electron chi connectivity index (χ4n) is 3.91. The first kappa shape index (κ1) is 20.3. The fraction of sp³-hybridized carbons (Fsp3) is 0.650. The van der Waals surface area contributed by atoms with Crippen molar-refractivity contribution in [1.82, 2.24) is 9.21 Å². The highest BCUT2D eigenvalue weighted by molar-refractivity contribution is 7.89. The molecule has 2 fully saturated rings. The number of nitrogens with zero attached hydrogens (tertiary/aromatic N) is 2. The van der Waals surface area contributed by atoms with Crippen LogP contribution in [0.1, 0.15) is 49.9 Å². The first-order chi connectivity index (χ1) is 12.9. The SMILES string of the molecule is CCN(CC1CCOC1)C(=O)c1ccc(S(=O)(=O)N2CCCCC2C)cc1. The Hall–Kier alpha value is -1.44. The molecule has 7 heteroatoms. The van der Waals surface area contributed by atoms with E-state index in [2.05, 4.69) is 0 Å². The van der Waals surface area contributed by atoms with Gasteiger partial charge in [0, 0.05) is 43.8 Å². The van der Waals surface area contributed by atoms with E-state index in [0.29, 0.717) is 37.7 Å². The summed E-state index contributed by atoms with van der Waals surface area (Å²) in [6.45, 7) is 7.26. The van der Waals surface area contributed by atoms with Crippen LogP contribution in [0.3, 0.4) is 0 Å². The summed E-state index contributed by atoms with van der Waals surface area (Å²) >= 11 is 0. The molecule has 3 rings (SSSR count). The summed E-state index contributed by atoms with van der Waals surface area (Å²) < 4.78 is 32.8. The molecule has 0 aromatic heterocycles. The van der Waals surface area contributed by atoms with E-state index in [9.17, 15) is 13.2 Å². The lowest BCUT2D eigenvalue weighted by molar-refractivity contribution is 0.0730. The van der Waals surface area contributed by atoms with Crippen LogP contribution in [0.4, 0.5) is 0 Å². The number of rotatable bonds is 6. The van der Waals surface area contributed by atoms with Gasteiger partial charge in [0.1, 0.15) is 0 Å². The number of hydrogen-bond donors (Lipinski definition) is 0. The molecule has 2 unspecified atom stereocenters. The monoisotopic (exact) mass is 394 g/mol. The van der Waals surface area contributed by atoms with Gasteiger partial charge >= 0.3 is 0 Å². The van der Waals surface area contributed by atoms with Gasteiger partial charge in [-0.05, 0) is 57.4 Å². The number of hydrogen-bond acceptors (Lipinski definition) is 4. The number of amides is 1. The molecule has 1 aromatic carbocycles. The van der Waals surface area contributed by atoms with Gasteiger partial charge < -0.3 is 9.64 Å². The van der Waals surface area contributed by atoms with Crippen LogP contribution in [-0.4, -0.2) is 62.4 Å². The van der Waals surface area contributed by atoms with Gasteiger partial charge in [-0.3, -0.25) is 4.79 Å². The summed E-state index contributed by atoms with van der Waals surface area (Å²) in [6, 6.07) is 6.43. The summed E-state index contributed by atoms with van der Waals surface area (Å²) in [7, 11) is -3.51. The quantitative estimate of drug-likeness (QED) is 0.744. The Morgan fingerprint density at radius 3 is 2.56 bits per heavy atom. The molecule has 0 spiro atoms. The standard InChI is InChI=1S/C20H30N2O4S/c1-3-21(14-17-11-13-26-15-17)20(23)18-7-9-19(10-8-18)27(24,25)22-12-5-4-6-16(22)2/h7-10,16-17H,3-6,11-15H2,1-2H3. The van der Waals surface area contributed by atoms with Crippen LogP contribution in [0.15, 0.2) is 29.2 Å². The van der Waals surface area contributed by atoms with Crippen molar-refractivity contribution in [3.63, 3.8) is 0 Å². The first-order valence-electron chi connectivity index (χ1n) is 9.92. The lowest BCUT2D eigenvalue weighted by Gasteiger charge is -2.32. The molecule has 2 heterocycles. The molecule has 2 atom stereocenters. The van der Waals surface area contributed by atoms with Gasteiger partial charge in [0.2, 0.25) is 10.0 Å². The number of sulfonamides is 1. The Bertz CT molecular complexity index is 742. The van der Waals surface area contributed by atoms with Crippen molar-refractivity contribution in [3.05, 3.63) is 29.8 Å². The number of ether oxygens (including phenoxy) is 1. The van der Waals surface area contributed by atoms with Crippen LogP contribution in [0.25, 0.3) is 0 Å². The van der Waals surface area contributed by atoms with Gasteiger partial charge in [-0.1, -0.05) is 6.42 Å². The van der Waals surface area contributed by atoms with Crippen molar-refractivity contribution in [3.8, 4) is 0 Å². The minimum atomic E-state index is -3.51. The molecule has 150 valence electrons. The highest BCUT2D eigenvalue weighted by Crippen LogP contribution is 2.25. The van der Waals surface area contributed by atoms with E-state index in [1.54, 1.807) is 28.6 Å². The van der Waals surface area contributed by atoms with Crippen molar-refractivity contribution in [2.45, 2.75) is 50.5 Å². The zero-order valence-corrected chi connectivity index (χ0v) is 17.1. The molecule has 0 saturated carbocycles. The van der Waals surface area contributed by atoms with Crippen molar-refractivity contribution in [2.75, 3.05) is 32.8 Å². The number of carbonyl (C=O) groups is 1. The molecule has 0 radical (unpaired) electrons. The van der Waals surface area contributed by atoms with E-state index >= 15 is 0 Å². The van der Waals surface area contributed by atoms with Crippen molar-refractivity contribution < 1.29 is 17.9 Å². The molecule has 27 heavy (non-hydrogen) atoms. The second kappa shape index (κ2) is 8.71. The summed E-state index contributed by atoms with van der Waals surface area (Å²) in [5.74, 6) is 0.328. The normalized spacial score (nSPS) is 24.1. The largest absolute Gasteiger partial charge is 0.381 e. The molecule has 2 aliphatic rings. The highest BCUT2D eigenvalue weighted by Gasteiger charge is 2.31. The van der Waals surface area contributed by atoms with E-state index in [-0.39, 0.29) is 16.8 Å². The third-order valence-corrected chi connectivity index (χ3v) is 7.65. The van der Waals surface area contributed by atoms with Crippen LogP contribution in [-0.2, 0) is 14.8 Å². The van der Waals surface area contributed by atoms with Gasteiger partial charge in [0.25, 0.3) is 5.91 Å². The predicted molar refractivity (Wildman–Crippen MR) is 104 cm³/mol. The molecule has 1 amide bonds. The zero-order chi connectivity index (χ0) is 19.4. The molecule has 0 aliphatic carbocycles. The zero-order valence-electron chi connectivity index (χ0n) is 16.3. The summed E-state index contributed by atoms with van der Waals surface area (Å²) in [5, 5.41) is 0. The topological polar surface area (TPSA) is 66.9 Å². The summed E-state index contributed by atoms with van der Waals surface area (Å²) in [4.78, 5) is 14.9. The molecular formula is C20H30N2O4S. The second-order valence-electron chi connectivity index (χ2n) is 7.56. The van der Waals surface area contributed by atoms with Gasteiger partial charge in [0.05, 0.1) is 11.5 Å². The Morgan fingerprint density at radius 1 is 1.22 bits per heavy atom. The summed E-state index contributed by atoms with van der Waals surface area (Å²) in [6.07, 6.45) is 3.84. The number of carbonyl (C=O) groups excluding carboxylic acids is 1. The minimum Gasteiger partial charge on any atom is -0.381 e. The maximum absolute atomic E-state index is 12.9. The molecular weight excluding hydrogens is 364 g/mol. The summed E-state index contributed by atoms with van der Waals surface area (Å²) in [5.41, 5.74) is 0.529. The maximum Gasteiger partial charge on any atom is 0.253 e. The molecule has 2 saturated heterocycles. The van der Waals surface area contributed by atoms with Crippen LogP contribution in [0.5, 0.6) is 0 Å². The van der Waals surface area contributed by atoms with E-state index in [1.807, 2.05) is 18.7 Å². The van der Waals surface area contributed by atoms with E-state index < -0.39 is 10.0 Å². The average molecular weight is 395 g/mol. The van der Waals surface area contributed by atoms with Gasteiger partial charge in [-0.15, -0.1) is 0 Å². The van der Waals surface area contributed by atoms with Crippen molar-refractivity contribution >= 4 is 15.9 Å². The molecule has 1 aromatic rings. The second-order valence-corrected chi connectivity index (χ2v) is 9.45. The maximum atomic E-state index is 12.9. The first-order valence-corrected chi connectivity index (χ1v) is 11.4. The molecule has 2 aliphatic heterocycles. The fourth-order valence-corrected chi connectivity index (χ4v) is 5.61. The van der Waals surface area contributed by atoms with Crippen molar-refractivity contribution in [2.24, 2.45) is 5.92 Å². The van der Waals surface area contributed by atoms with Crippen LogP contribution in [0.2, 0.25) is 0 Å². The Labute approximate surface area is 162 Å². The molecule has 6 nitrogen and oxygen atoms in total. The number of benzene rings is 1. The Morgan fingerprint density at radius 2 is 1.96 bits per heavy atom. The Balaban J connectivity index is 1.72. The van der Waals surface area contributed by atoms with Crippen molar-refractivity contribution in [1.29, 1.82) is 0 Å². The van der Waals surface area contributed by atoms with Gasteiger partial charge in [-0.2, -0.15) is 4.31 Å². The number of piperidine rings is 1. The lowest BCUT2D eigenvalue weighted by Crippen LogP contribution is -2.41. The van der Waals surface area contributed by atoms with Gasteiger partial charge in [0.15, 0.2) is 0 Å². The lowest BCUT2D eigenvalue weighted by atomic mass is 10.1. The Kier molecular flexibility index (Phi) is 6.55.